The number of nitrogens with zero attached hydrogens (tertiary/aromatic N) is 2. The fourth-order valence-corrected chi connectivity index (χ4v) is 4.02. The van der Waals surface area contributed by atoms with Gasteiger partial charge in [0.1, 0.15) is 6.04 Å². The summed E-state index contributed by atoms with van der Waals surface area (Å²) >= 11 is 6.28. The molecular weight excluding hydrogens is 398 g/mol. The largest absolute Gasteiger partial charge is 0.348 e. The summed E-state index contributed by atoms with van der Waals surface area (Å²) < 4.78 is 0. The summed E-state index contributed by atoms with van der Waals surface area (Å²) in [6, 6.07) is 17.8. The Morgan fingerprint density at radius 1 is 1.03 bits per heavy atom. The molecule has 0 bridgehead atoms. The predicted octanol–water partition coefficient (Wildman–Crippen LogP) is 4.18. The molecule has 1 aromatic heterocycles. The van der Waals surface area contributed by atoms with Crippen LogP contribution in [-0.4, -0.2) is 27.7 Å². The number of hydrogen-bond acceptors (Lipinski definition) is 3. The Balaban J connectivity index is 1.63. The van der Waals surface area contributed by atoms with Crippen LogP contribution in [0.4, 0.5) is 0 Å². The Labute approximate surface area is 180 Å². The maximum atomic E-state index is 13.4. The van der Waals surface area contributed by atoms with Crippen LogP contribution in [0.15, 0.2) is 73.1 Å². The van der Waals surface area contributed by atoms with E-state index in [0.29, 0.717) is 23.6 Å². The van der Waals surface area contributed by atoms with E-state index < -0.39 is 6.04 Å². The maximum absolute atomic E-state index is 13.4. The maximum Gasteiger partial charge on any atom is 0.256 e. The molecule has 152 valence electrons. The molecule has 0 saturated carbocycles. The second kappa shape index (κ2) is 8.67. The summed E-state index contributed by atoms with van der Waals surface area (Å²) in [5.41, 5.74) is 3.48. The van der Waals surface area contributed by atoms with Gasteiger partial charge in [-0.1, -0.05) is 48.0 Å². The van der Waals surface area contributed by atoms with Crippen molar-refractivity contribution >= 4 is 23.4 Å². The molecule has 1 N–H and O–H groups in total. The van der Waals surface area contributed by atoms with Crippen LogP contribution < -0.4 is 5.32 Å². The molecule has 2 atom stereocenters. The highest BCUT2D eigenvalue weighted by Gasteiger charge is 2.36. The molecule has 30 heavy (non-hydrogen) atoms. The minimum atomic E-state index is -0.618. The number of halogens is 1. The summed E-state index contributed by atoms with van der Waals surface area (Å²) in [7, 11) is 0. The number of carbonyl (C=O) groups is 2. The van der Waals surface area contributed by atoms with E-state index in [1.54, 1.807) is 41.6 Å². The smallest absolute Gasteiger partial charge is 0.256 e. The minimum Gasteiger partial charge on any atom is -0.348 e. The van der Waals surface area contributed by atoms with Crippen LogP contribution >= 0.6 is 11.6 Å². The van der Waals surface area contributed by atoms with Gasteiger partial charge >= 0.3 is 0 Å². The van der Waals surface area contributed by atoms with Crippen LogP contribution in [0.1, 0.15) is 40.0 Å². The van der Waals surface area contributed by atoms with Gasteiger partial charge in [-0.25, -0.2) is 0 Å². The Morgan fingerprint density at radius 2 is 1.70 bits per heavy atom. The van der Waals surface area contributed by atoms with Gasteiger partial charge in [0.15, 0.2) is 0 Å². The molecule has 5 nitrogen and oxygen atoms in total. The molecule has 2 amide bonds. The second-order valence-electron chi connectivity index (χ2n) is 7.41. The number of fused-ring (bicyclic) bond motifs is 1. The average molecular weight is 420 g/mol. The number of aromatic nitrogens is 1. The zero-order valence-corrected chi connectivity index (χ0v) is 17.3. The van der Waals surface area contributed by atoms with Crippen molar-refractivity contribution in [3.05, 3.63) is 100 Å². The number of rotatable bonds is 4. The molecule has 1 aliphatic rings. The van der Waals surface area contributed by atoms with Crippen LogP contribution in [0.2, 0.25) is 5.02 Å². The van der Waals surface area contributed by atoms with E-state index in [4.69, 9.17) is 11.6 Å². The van der Waals surface area contributed by atoms with E-state index >= 15 is 0 Å². The van der Waals surface area contributed by atoms with E-state index in [2.05, 4.69) is 10.3 Å². The summed E-state index contributed by atoms with van der Waals surface area (Å²) in [5, 5.41) is 3.43. The number of nitrogens with one attached hydrogen (secondary N) is 1. The number of hydrogen-bond donors (Lipinski definition) is 1. The fourth-order valence-electron chi connectivity index (χ4n) is 3.81. The molecule has 1 aliphatic heterocycles. The number of carbonyl (C=O) groups excluding carboxylic acids is 2. The molecule has 3 aromatic rings. The van der Waals surface area contributed by atoms with Crippen molar-refractivity contribution in [3.63, 3.8) is 0 Å². The van der Waals surface area contributed by atoms with E-state index in [9.17, 15) is 9.59 Å². The zero-order chi connectivity index (χ0) is 21.1. The Bertz CT molecular complexity index is 1070. The lowest BCUT2D eigenvalue weighted by Gasteiger charge is -2.36. The molecule has 0 saturated heterocycles. The van der Waals surface area contributed by atoms with Gasteiger partial charge in [0.25, 0.3) is 5.91 Å². The molecular formula is C24H22ClN3O2. The normalized spacial score (nSPS) is 16.5. The summed E-state index contributed by atoms with van der Waals surface area (Å²) in [6.07, 6.45) is 3.85. The Morgan fingerprint density at radius 3 is 2.43 bits per heavy atom. The first kappa shape index (κ1) is 20.1. The van der Waals surface area contributed by atoms with Gasteiger partial charge in [0.2, 0.25) is 5.91 Å². The molecule has 2 heterocycles. The molecule has 0 aliphatic carbocycles. The lowest BCUT2D eigenvalue weighted by atomic mass is 9.92. The van der Waals surface area contributed by atoms with Crippen LogP contribution in [0, 0.1) is 0 Å². The molecule has 0 spiro atoms. The van der Waals surface area contributed by atoms with Crippen LogP contribution in [0.25, 0.3) is 0 Å². The van der Waals surface area contributed by atoms with Gasteiger partial charge in [-0.3, -0.25) is 14.6 Å². The average Bonchev–Trinajstić information content (AvgIpc) is 2.78. The third-order valence-electron chi connectivity index (χ3n) is 5.48. The molecule has 2 aromatic carbocycles. The second-order valence-corrected chi connectivity index (χ2v) is 7.82. The van der Waals surface area contributed by atoms with Crippen molar-refractivity contribution in [2.75, 3.05) is 0 Å². The monoisotopic (exact) mass is 419 g/mol. The van der Waals surface area contributed by atoms with Crippen molar-refractivity contribution in [1.82, 2.24) is 15.2 Å². The number of benzene rings is 2. The summed E-state index contributed by atoms with van der Waals surface area (Å²) in [4.78, 5) is 32.3. The Hall–Kier alpha value is -3.18. The highest BCUT2D eigenvalue weighted by molar-refractivity contribution is 6.33. The first-order valence-electron chi connectivity index (χ1n) is 9.87. The molecule has 2 unspecified atom stereocenters. The van der Waals surface area contributed by atoms with Gasteiger partial charge in [-0.05, 0) is 47.9 Å². The molecule has 0 fully saturated rings. The van der Waals surface area contributed by atoms with Crippen molar-refractivity contribution in [2.45, 2.75) is 32.0 Å². The number of amides is 2. The quantitative estimate of drug-likeness (QED) is 0.690. The first-order chi connectivity index (χ1) is 14.5. The molecule has 4 rings (SSSR count). The van der Waals surface area contributed by atoms with E-state index in [1.807, 2.05) is 43.3 Å². The standard InChI is InChI=1S/C24H22ClN3O2/c1-16(17-10-12-26-13-11-17)27-23(29)22-14-18-6-2-3-7-19(18)15-28(22)24(30)20-8-4-5-9-21(20)25/h2-13,16,22H,14-15H2,1H3,(H,27,29). The summed E-state index contributed by atoms with van der Waals surface area (Å²) in [6.45, 7) is 2.28. The highest BCUT2D eigenvalue weighted by atomic mass is 35.5. The lowest BCUT2D eigenvalue weighted by Crippen LogP contribution is -2.53. The summed E-state index contributed by atoms with van der Waals surface area (Å²) in [5.74, 6) is -0.430. The predicted molar refractivity (Wildman–Crippen MR) is 116 cm³/mol. The minimum absolute atomic E-state index is 0.186. The van der Waals surface area contributed by atoms with E-state index in [1.165, 1.54) is 0 Å². The van der Waals surface area contributed by atoms with Crippen molar-refractivity contribution in [1.29, 1.82) is 0 Å². The molecule has 6 heteroatoms. The van der Waals surface area contributed by atoms with Gasteiger partial charge in [0.05, 0.1) is 16.6 Å². The molecule has 0 radical (unpaired) electrons. The van der Waals surface area contributed by atoms with Gasteiger partial charge < -0.3 is 10.2 Å². The topological polar surface area (TPSA) is 62.3 Å². The third-order valence-corrected chi connectivity index (χ3v) is 5.81. The fraction of sp³-hybridized carbons (Fsp3) is 0.208. The van der Waals surface area contributed by atoms with E-state index in [-0.39, 0.29) is 17.9 Å². The van der Waals surface area contributed by atoms with Crippen molar-refractivity contribution < 1.29 is 9.59 Å². The zero-order valence-electron chi connectivity index (χ0n) is 16.6. The SMILES string of the molecule is CC(NC(=O)C1Cc2ccccc2CN1C(=O)c1ccccc1Cl)c1ccncc1. The third kappa shape index (κ3) is 4.07. The first-order valence-corrected chi connectivity index (χ1v) is 10.2. The highest BCUT2D eigenvalue weighted by Crippen LogP contribution is 2.27. The van der Waals surface area contributed by atoms with Crippen molar-refractivity contribution in [2.24, 2.45) is 0 Å². The number of pyridine rings is 1. The van der Waals surface area contributed by atoms with Crippen LogP contribution in [0.5, 0.6) is 0 Å². The van der Waals surface area contributed by atoms with Gasteiger partial charge in [0, 0.05) is 25.4 Å². The Kier molecular flexibility index (Phi) is 5.81. The van der Waals surface area contributed by atoms with Crippen molar-refractivity contribution in [3.8, 4) is 0 Å². The van der Waals surface area contributed by atoms with Crippen LogP contribution in [-0.2, 0) is 17.8 Å². The van der Waals surface area contributed by atoms with E-state index in [0.717, 1.165) is 16.7 Å². The van der Waals surface area contributed by atoms with Gasteiger partial charge in [-0.2, -0.15) is 0 Å². The van der Waals surface area contributed by atoms with Gasteiger partial charge in [-0.15, -0.1) is 0 Å². The van der Waals surface area contributed by atoms with Crippen LogP contribution in [0.3, 0.4) is 0 Å². The lowest BCUT2D eigenvalue weighted by molar-refractivity contribution is -0.126.